The van der Waals surface area contributed by atoms with Crippen LogP contribution in [-0.2, 0) is 4.79 Å². The van der Waals surface area contributed by atoms with Gasteiger partial charge in [0, 0.05) is 12.1 Å². The van der Waals surface area contributed by atoms with Crippen LogP contribution in [0.3, 0.4) is 0 Å². The van der Waals surface area contributed by atoms with E-state index in [-0.39, 0.29) is 0 Å². The third-order valence-corrected chi connectivity index (χ3v) is 3.94. The molecular formula is C13H19N3O2. The quantitative estimate of drug-likeness (QED) is 0.836. The molecule has 1 aromatic rings. The highest BCUT2D eigenvalue weighted by molar-refractivity contribution is 5.75. The summed E-state index contributed by atoms with van der Waals surface area (Å²) in [4.78, 5) is 15.6. The number of hydrogen-bond donors (Lipinski definition) is 2. The van der Waals surface area contributed by atoms with Gasteiger partial charge in [-0.2, -0.15) is 0 Å². The molecule has 3 rings (SSSR count). The van der Waals surface area contributed by atoms with E-state index in [9.17, 15) is 9.90 Å². The second kappa shape index (κ2) is 4.72. The van der Waals surface area contributed by atoms with Crippen molar-refractivity contribution in [2.24, 2.45) is 0 Å². The predicted octanol–water partition coefficient (Wildman–Crippen LogP) is 1.88. The summed E-state index contributed by atoms with van der Waals surface area (Å²) in [6.07, 6.45) is 10.3. The molecule has 1 unspecified atom stereocenters. The van der Waals surface area contributed by atoms with Gasteiger partial charge < -0.3 is 9.67 Å². The molecule has 18 heavy (non-hydrogen) atoms. The molecule has 1 aromatic heterocycles. The predicted molar refractivity (Wildman–Crippen MR) is 66.3 cm³/mol. The number of carboxylic acids is 1. The fourth-order valence-corrected chi connectivity index (χ4v) is 2.81. The van der Waals surface area contributed by atoms with Gasteiger partial charge in [0.1, 0.15) is 6.04 Å². The van der Waals surface area contributed by atoms with E-state index in [0.29, 0.717) is 12.1 Å². The Morgan fingerprint density at radius 3 is 2.72 bits per heavy atom. The Morgan fingerprint density at radius 2 is 2.11 bits per heavy atom. The first-order valence-electron chi connectivity index (χ1n) is 6.76. The molecule has 0 aliphatic heterocycles. The molecule has 5 heteroatoms. The van der Waals surface area contributed by atoms with Crippen LogP contribution in [-0.4, -0.2) is 26.7 Å². The van der Waals surface area contributed by atoms with Crippen LogP contribution >= 0.6 is 0 Å². The Kier molecular flexibility index (Phi) is 3.07. The zero-order chi connectivity index (χ0) is 12.5. The van der Waals surface area contributed by atoms with E-state index in [1.54, 1.807) is 12.5 Å². The summed E-state index contributed by atoms with van der Waals surface area (Å²) < 4.78 is 2.03. The minimum Gasteiger partial charge on any atom is -0.480 e. The lowest BCUT2D eigenvalue weighted by molar-refractivity contribution is -0.140. The zero-order valence-electron chi connectivity index (χ0n) is 10.4. The lowest BCUT2D eigenvalue weighted by atomic mass is 10.1. The number of nitrogens with one attached hydrogen (secondary N) is 1. The third kappa shape index (κ3) is 2.27. The van der Waals surface area contributed by atoms with Crippen LogP contribution in [0.5, 0.6) is 0 Å². The number of aromatic nitrogens is 2. The highest BCUT2D eigenvalue weighted by Crippen LogP contribution is 2.37. The van der Waals surface area contributed by atoms with Gasteiger partial charge in [0.15, 0.2) is 0 Å². The first-order valence-corrected chi connectivity index (χ1v) is 6.76. The number of carbonyl (C=O) groups is 1. The topological polar surface area (TPSA) is 67.2 Å². The molecule has 5 nitrogen and oxygen atoms in total. The minimum absolute atomic E-state index is 0.341. The molecule has 0 radical (unpaired) electrons. The van der Waals surface area contributed by atoms with Crippen molar-refractivity contribution >= 4 is 5.97 Å². The van der Waals surface area contributed by atoms with Crippen LogP contribution in [0.1, 0.15) is 56.3 Å². The van der Waals surface area contributed by atoms with Crippen molar-refractivity contribution in [3.05, 3.63) is 18.2 Å². The molecule has 0 spiro atoms. The lowest BCUT2D eigenvalue weighted by Gasteiger charge is -2.20. The Balaban J connectivity index is 1.79. The van der Waals surface area contributed by atoms with Gasteiger partial charge in [0.05, 0.1) is 18.2 Å². The van der Waals surface area contributed by atoms with Gasteiger partial charge in [-0.05, 0) is 25.7 Å². The van der Waals surface area contributed by atoms with E-state index >= 15 is 0 Å². The summed E-state index contributed by atoms with van der Waals surface area (Å²) in [5.74, 6) is -0.802. The summed E-state index contributed by atoms with van der Waals surface area (Å²) in [7, 11) is 0. The number of nitrogens with zero attached hydrogens (tertiary/aromatic N) is 2. The molecule has 2 saturated carbocycles. The summed E-state index contributed by atoms with van der Waals surface area (Å²) in [5.41, 5.74) is 0.803. The summed E-state index contributed by atoms with van der Waals surface area (Å²) >= 11 is 0. The van der Waals surface area contributed by atoms with E-state index in [2.05, 4.69) is 10.3 Å². The molecule has 0 saturated heterocycles. The highest BCUT2D eigenvalue weighted by Gasteiger charge is 2.32. The molecule has 2 N–H and O–H groups in total. The SMILES string of the molecule is O=C(O)C(NC1CCCC1)c1cncn1C1CC1. The first kappa shape index (κ1) is 11.7. The molecule has 2 fully saturated rings. The van der Waals surface area contributed by atoms with Gasteiger partial charge in [-0.3, -0.25) is 10.1 Å². The van der Waals surface area contributed by atoms with Gasteiger partial charge in [-0.15, -0.1) is 0 Å². The molecular weight excluding hydrogens is 230 g/mol. The van der Waals surface area contributed by atoms with E-state index in [1.807, 2.05) is 4.57 Å². The number of rotatable bonds is 5. The highest BCUT2D eigenvalue weighted by atomic mass is 16.4. The second-order valence-electron chi connectivity index (χ2n) is 5.38. The number of hydrogen-bond acceptors (Lipinski definition) is 3. The van der Waals surface area contributed by atoms with Gasteiger partial charge in [0.2, 0.25) is 0 Å². The van der Waals surface area contributed by atoms with Crippen LogP contribution in [0.2, 0.25) is 0 Å². The Hall–Kier alpha value is -1.36. The van der Waals surface area contributed by atoms with E-state index < -0.39 is 12.0 Å². The minimum atomic E-state index is -0.802. The maximum Gasteiger partial charge on any atom is 0.326 e. The second-order valence-corrected chi connectivity index (χ2v) is 5.38. The molecule has 0 bridgehead atoms. The van der Waals surface area contributed by atoms with Crippen LogP contribution in [0.25, 0.3) is 0 Å². The standard InChI is InChI=1S/C13H19N3O2/c17-13(18)12(15-9-3-1-2-4-9)11-7-14-8-16(11)10-5-6-10/h7-10,12,15H,1-6H2,(H,17,18). The van der Waals surface area contributed by atoms with Crippen LogP contribution in [0, 0.1) is 0 Å². The Bertz CT molecular complexity index is 433. The van der Waals surface area contributed by atoms with Crippen LogP contribution in [0.4, 0.5) is 0 Å². The largest absolute Gasteiger partial charge is 0.480 e. The molecule has 2 aliphatic carbocycles. The maximum absolute atomic E-state index is 11.5. The monoisotopic (exact) mass is 249 g/mol. The Labute approximate surface area is 106 Å². The summed E-state index contributed by atoms with van der Waals surface area (Å²) in [6.45, 7) is 0. The average molecular weight is 249 g/mol. The molecule has 0 amide bonds. The maximum atomic E-state index is 11.5. The molecule has 98 valence electrons. The van der Waals surface area contributed by atoms with Crippen molar-refractivity contribution < 1.29 is 9.90 Å². The molecule has 2 aliphatic rings. The van der Waals surface area contributed by atoms with E-state index in [1.165, 1.54) is 12.8 Å². The zero-order valence-corrected chi connectivity index (χ0v) is 10.4. The molecule has 1 heterocycles. The van der Waals surface area contributed by atoms with Crippen molar-refractivity contribution in [1.82, 2.24) is 14.9 Å². The van der Waals surface area contributed by atoms with Crippen molar-refractivity contribution in [3.63, 3.8) is 0 Å². The lowest BCUT2D eigenvalue weighted by Crippen LogP contribution is -2.36. The summed E-state index contributed by atoms with van der Waals surface area (Å²) in [5, 5.41) is 12.7. The van der Waals surface area contributed by atoms with E-state index in [0.717, 1.165) is 31.4 Å². The Morgan fingerprint density at radius 1 is 1.39 bits per heavy atom. The van der Waals surface area contributed by atoms with Crippen molar-refractivity contribution in [2.45, 2.75) is 56.7 Å². The first-order chi connectivity index (χ1) is 8.75. The summed E-state index contributed by atoms with van der Waals surface area (Å²) in [6, 6.07) is 0.194. The number of aliphatic carboxylic acids is 1. The van der Waals surface area contributed by atoms with Crippen LogP contribution < -0.4 is 5.32 Å². The number of carboxylic acid groups (broad SMARTS) is 1. The number of imidazole rings is 1. The van der Waals surface area contributed by atoms with Crippen molar-refractivity contribution in [2.75, 3.05) is 0 Å². The van der Waals surface area contributed by atoms with E-state index in [4.69, 9.17) is 0 Å². The molecule has 0 aromatic carbocycles. The van der Waals surface area contributed by atoms with Crippen LogP contribution in [0.15, 0.2) is 12.5 Å². The fraction of sp³-hybridized carbons (Fsp3) is 0.692. The van der Waals surface area contributed by atoms with Gasteiger partial charge in [0.25, 0.3) is 0 Å². The molecule has 1 atom stereocenters. The van der Waals surface area contributed by atoms with Crippen molar-refractivity contribution in [1.29, 1.82) is 0 Å². The van der Waals surface area contributed by atoms with Gasteiger partial charge in [-0.25, -0.2) is 4.98 Å². The van der Waals surface area contributed by atoms with Crippen molar-refractivity contribution in [3.8, 4) is 0 Å². The van der Waals surface area contributed by atoms with Gasteiger partial charge >= 0.3 is 5.97 Å². The third-order valence-electron chi connectivity index (χ3n) is 3.94. The smallest absolute Gasteiger partial charge is 0.326 e. The normalized spacial score (nSPS) is 22.2. The fourth-order valence-electron chi connectivity index (χ4n) is 2.81. The average Bonchev–Trinajstić information content (AvgIpc) is 2.89. The van der Waals surface area contributed by atoms with Gasteiger partial charge in [-0.1, -0.05) is 12.8 Å².